The van der Waals surface area contributed by atoms with Crippen LogP contribution >= 0.6 is 0 Å². The minimum atomic E-state index is -1.88. The zero-order chi connectivity index (χ0) is 42.1. The number of Topliss-reactive ketones (excluding diaryl/α,β-unsaturated/α-hetero) is 1. The Hall–Kier alpha value is -2.77. The van der Waals surface area contributed by atoms with Gasteiger partial charge in [0, 0.05) is 82.1 Å². The Bertz CT molecular complexity index is 1290. The van der Waals surface area contributed by atoms with E-state index in [0.717, 1.165) is 0 Å². The van der Waals surface area contributed by atoms with E-state index in [0.29, 0.717) is 24.5 Å². The van der Waals surface area contributed by atoms with Gasteiger partial charge in [-0.25, -0.2) is 0 Å². The molecule has 1 aliphatic rings. The number of fused-ring (bicyclic) bond motifs is 2. The molecule has 0 spiro atoms. The number of hydrogen-bond acceptors (Lipinski definition) is 18. The molecule has 2 rings (SSSR count). The van der Waals surface area contributed by atoms with Crippen molar-refractivity contribution in [3.8, 4) is 0 Å². The molecular formula is C35H59MnN5O16. The Labute approximate surface area is 340 Å². The van der Waals surface area contributed by atoms with Crippen LogP contribution in [-0.2, 0) is 49.3 Å². The first kappa shape index (κ1) is 52.2. The van der Waals surface area contributed by atoms with Gasteiger partial charge in [-0.1, -0.05) is 6.07 Å². The third kappa shape index (κ3) is 17.5. The Morgan fingerprint density at radius 1 is 0.649 bits per heavy atom. The molecule has 327 valence electrons. The van der Waals surface area contributed by atoms with Crippen LogP contribution < -0.4 is 5.32 Å². The van der Waals surface area contributed by atoms with E-state index in [2.05, 4.69) is 10.3 Å². The number of nitrogens with zero attached hydrogens (tertiary/aromatic N) is 4. The summed E-state index contributed by atoms with van der Waals surface area (Å²) in [4.78, 5) is 60.2. The van der Waals surface area contributed by atoms with Gasteiger partial charge in [-0.2, -0.15) is 0 Å². The first-order valence-corrected chi connectivity index (χ1v) is 18.4. The number of hydrogen-bond donors (Lipinski definition) is 13. The molecule has 0 fully saturated rings. The standard InChI is InChI=1S/C35H59N5O16.Mn/c1-38-11-13-39(23(34(53)54)7-5-22(43)6-9-25(44)30(49)32(51)27(46)18-41)16-20-3-2-4-21(37-20)17-40(14-12-38)24(35(55)56)8-10-29(48)36-15-26(45)31(50)33(52)28(47)19-42;/h2-4,23-28,30-33,41-42,44-47,49-52H,5-19H2,1H3,(H,36,48)(H,53,54)(H,55,56);/t23?,24?,25-,26-,27+,28+,30+,31+,32+,33+;/m0./s1. The maximum Gasteiger partial charge on any atom is 0.320 e. The molecule has 1 aromatic heterocycles. The summed E-state index contributed by atoms with van der Waals surface area (Å²) in [5.41, 5.74) is 0.953. The minimum Gasteiger partial charge on any atom is -0.480 e. The van der Waals surface area contributed by atoms with Gasteiger partial charge in [0.1, 0.15) is 54.5 Å². The predicted octanol–water partition coefficient (Wildman–Crippen LogP) is -5.57. The number of pyridine rings is 1. The number of aliphatic hydroxyl groups is 10. The summed E-state index contributed by atoms with van der Waals surface area (Å²) in [6.07, 6.45) is -15.3. The van der Waals surface area contributed by atoms with Crippen molar-refractivity contribution in [1.29, 1.82) is 0 Å². The average Bonchev–Trinajstić information content (AvgIpc) is 3.17. The summed E-state index contributed by atoms with van der Waals surface area (Å²) >= 11 is 0. The van der Waals surface area contributed by atoms with Crippen molar-refractivity contribution in [2.45, 2.75) is 113 Å². The number of carbonyl (C=O) groups excluding carboxylic acids is 2. The van der Waals surface area contributed by atoms with Crippen molar-refractivity contribution in [3.05, 3.63) is 29.6 Å². The Kier molecular flexibility index (Phi) is 24.2. The van der Waals surface area contributed by atoms with E-state index < -0.39 is 104 Å². The molecule has 1 aromatic rings. The summed E-state index contributed by atoms with van der Waals surface area (Å²) in [6, 6.07) is 2.80. The largest absolute Gasteiger partial charge is 0.480 e. The summed E-state index contributed by atoms with van der Waals surface area (Å²) < 4.78 is 0. The SMILES string of the molecule is CN1CCN(C(CCC(=O)CC[C@H](O)[C@@H](O)[C@H](O)[C@H](O)CO)C(=O)O)Cc2cccc(n2)CN(C(CCC(=O)NC[C@H](O)[C@@H](O)[C@H](O)[C@H](O)CO)C(=O)O)CC1.[Mn]. The third-order valence-corrected chi connectivity index (χ3v) is 9.80. The fraction of sp³-hybridized carbons (Fsp3) is 0.743. The summed E-state index contributed by atoms with van der Waals surface area (Å²) in [6.45, 7) is -0.990. The first-order valence-electron chi connectivity index (χ1n) is 18.4. The predicted molar refractivity (Wildman–Crippen MR) is 193 cm³/mol. The van der Waals surface area contributed by atoms with Crippen LogP contribution in [0.15, 0.2) is 18.2 Å². The molecule has 1 aliphatic heterocycles. The fourth-order valence-electron chi connectivity index (χ4n) is 6.17. The molecule has 2 heterocycles. The molecule has 21 nitrogen and oxygen atoms in total. The van der Waals surface area contributed by atoms with Crippen LogP contribution in [0.5, 0.6) is 0 Å². The molecule has 0 aromatic carbocycles. The quantitative estimate of drug-likeness (QED) is 0.0456. The molecule has 0 saturated heterocycles. The van der Waals surface area contributed by atoms with Crippen molar-refractivity contribution in [1.82, 2.24) is 25.0 Å². The molecule has 2 unspecified atom stereocenters. The molecular weight excluding hydrogens is 801 g/mol. The summed E-state index contributed by atoms with van der Waals surface area (Å²) in [7, 11) is 1.77. The zero-order valence-corrected chi connectivity index (χ0v) is 33.0. The summed E-state index contributed by atoms with van der Waals surface area (Å²) in [5, 5.41) is 119. The number of aliphatic carboxylic acids is 2. The molecule has 1 radical (unpaired) electrons. The van der Waals surface area contributed by atoms with Gasteiger partial charge < -0.3 is 71.5 Å². The van der Waals surface area contributed by atoms with Crippen molar-refractivity contribution in [3.63, 3.8) is 0 Å². The van der Waals surface area contributed by atoms with E-state index in [1.165, 1.54) is 0 Å². The van der Waals surface area contributed by atoms with Gasteiger partial charge in [0.2, 0.25) is 5.91 Å². The van der Waals surface area contributed by atoms with E-state index in [4.69, 9.17) is 10.2 Å². The van der Waals surface area contributed by atoms with Crippen LogP contribution in [0.2, 0.25) is 0 Å². The van der Waals surface area contributed by atoms with Crippen LogP contribution in [0.25, 0.3) is 0 Å². The van der Waals surface area contributed by atoms with Gasteiger partial charge >= 0.3 is 11.9 Å². The van der Waals surface area contributed by atoms with Crippen molar-refractivity contribution < 1.29 is 97.5 Å². The normalized spacial score (nSPS) is 20.1. The molecule has 0 saturated carbocycles. The minimum absolute atomic E-state index is 0. The fourth-order valence-corrected chi connectivity index (χ4v) is 6.17. The second kappa shape index (κ2) is 26.4. The second-order valence-corrected chi connectivity index (χ2v) is 14.1. The van der Waals surface area contributed by atoms with Crippen molar-refractivity contribution in [2.24, 2.45) is 0 Å². The molecule has 10 atom stereocenters. The maximum atomic E-state index is 12.7. The average molecular weight is 861 g/mol. The molecule has 13 N–H and O–H groups in total. The molecule has 0 aliphatic carbocycles. The van der Waals surface area contributed by atoms with Crippen LogP contribution in [-0.4, -0.2) is 218 Å². The molecule has 2 bridgehead atoms. The van der Waals surface area contributed by atoms with Crippen molar-refractivity contribution in [2.75, 3.05) is 53.0 Å². The van der Waals surface area contributed by atoms with Crippen LogP contribution in [0.1, 0.15) is 49.9 Å². The monoisotopic (exact) mass is 860 g/mol. The number of amides is 1. The van der Waals surface area contributed by atoms with Gasteiger partial charge in [-0.3, -0.25) is 34.0 Å². The maximum absolute atomic E-state index is 12.7. The number of ketones is 1. The van der Waals surface area contributed by atoms with E-state index in [1.807, 2.05) is 4.90 Å². The molecule has 57 heavy (non-hydrogen) atoms. The smallest absolute Gasteiger partial charge is 0.320 e. The number of aromatic nitrogens is 1. The first-order chi connectivity index (χ1) is 26.4. The number of carboxylic acid groups (broad SMARTS) is 2. The Balaban J connectivity index is 0.0000162. The Morgan fingerprint density at radius 3 is 1.53 bits per heavy atom. The van der Waals surface area contributed by atoms with Gasteiger partial charge in [0.25, 0.3) is 0 Å². The number of aliphatic hydroxyl groups excluding tert-OH is 10. The number of carboxylic acids is 2. The number of nitrogens with one attached hydrogen (secondary N) is 1. The molecule has 1 amide bonds. The van der Waals surface area contributed by atoms with E-state index >= 15 is 0 Å². The third-order valence-electron chi connectivity index (χ3n) is 9.80. The van der Waals surface area contributed by atoms with Gasteiger partial charge in [-0.05, 0) is 38.4 Å². The summed E-state index contributed by atoms with van der Waals surface area (Å²) in [5.74, 6) is -3.42. The van der Waals surface area contributed by atoms with Crippen LogP contribution in [0.3, 0.4) is 0 Å². The topological polar surface area (TPSA) is 346 Å². The van der Waals surface area contributed by atoms with Crippen molar-refractivity contribution >= 4 is 23.6 Å². The van der Waals surface area contributed by atoms with Crippen LogP contribution in [0.4, 0.5) is 0 Å². The van der Waals surface area contributed by atoms with Gasteiger partial charge in [-0.15, -0.1) is 0 Å². The van der Waals surface area contributed by atoms with E-state index in [-0.39, 0.29) is 81.8 Å². The van der Waals surface area contributed by atoms with E-state index in [1.54, 1.807) is 35.0 Å². The number of likely N-dealkylation sites (N-methyl/N-ethyl adjacent to an activating group) is 1. The number of carbonyl (C=O) groups is 4. The van der Waals surface area contributed by atoms with Gasteiger partial charge in [0.05, 0.1) is 36.8 Å². The molecule has 22 heteroatoms. The van der Waals surface area contributed by atoms with Gasteiger partial charge in [0.15, 0.2) is 0 Å². The Morgan fingerprint density at radius 2 is 1.07 bits per heavy atom. The zero-order valence-electron chi connectivity index (χ0n) is 31.8. The number of rotatable bonds is 23. The second-order valence-electron chi connectivity index (χ2n) is 14.1. The van der Waals surface area contributed by atoms with E-state index in [9.17, 15) is 70.2 Å². The van der Waals surface area contributed by atoms with Crippen LogP contribution in [0, 0.1) is 0 Å².